The number of nitrogens with zero attached hydrogens (tertiary/aromatic N) is 1. The number of nitrogens with two attached hydrogens (primary N) is 1. The Hall–Kier alpha value is -1.57. The molecule has 0 bridgehead atoms. The van der Waals surface area contributed by atoms with Gasteiger partial charge in [0, 0.05) is 18.8 Å². The van der Waals surface area contributed by atoms with Crippen LogP contribution >= 0.6 is 63.7 Å². The Morgan fingerprint density at radius 3 is 1.88 bits per heavy atom. The van der Waals surface area contributed by atoms with E-state index in [4.69, 9.17) is 5.73 Å². The normalized spacial score (nSPS) is 17.8. The molecular formula is C19H19Br4N7O2. The number of rotatable bonds is 6. The molecule has 13 heteroatoms. The van der Waals surface area contributed by atoms with Crippen molar-refractivity contribution in [1.82, 2.24) is 30.6 Å². The number of carbonyl (C=O) groups is 2. The van der Waals surface area contributed by atoms with Crippen molar-refractivity contribution in [2.24, 2.45) is 11.8 Å². The molecular weight excluding hydrogens is 678 g/mol. The number of carbonyl (C=O) groups excluding carboxylic acids is 2. The predicted octanol–water partition coefficient (Wildman–Crippen LogP) is 3.89. The summed E-state index contributed by atoms with van der Waals surface area (Å²) in [6.45, 7) is 0.894. The number of aromatic nitrogens is 4. The van der Waals surface area contributed by atoms with Gasteiger partial charge in [0.15, 0.2) is 5.95 Å². The van der Waals surface area contributed by atoms with Crippen molar-refractivity contribution in [2.75, 3.05) is 18.8 Å². The fourth-order valence-electron chi connectivity index (χ4n) is 3.82. The number of imidazole rings is 1. The van der Waals surface area contributed by atoms with Crippen LogP contribution in [0.1, 0.15) is 32.4 Å². The molecule has 4 rings (SSSR count). The zero-order chi connectivity index (χ0) is 23.0. The van der Waals surface area contributed by atoms with E-state index in [1.165, 1.54) is 0 Å². The van der Waals surface area contributed by atoms with Crippen molar-refractivity contribution in [1.29, 1.82) is 0 Å². The van der Waals surface area contributed by atoms with Gasteiger partial charge < -0.3 is 31.3 Å². The van der Waals surface area contributed by atoms with Crippen LogP contribution in [0.5, 0.6) is 0 Å². The van der Waals surface area contributed by atoms with E-state index in [1.807, 2.05) is 0 Å². The van der Waals surface area contributed by atoms with Crippen LogP contribution in [0.15, 0.2) is 30.3 Å². The molecule has 2 amide bonds. The molecule has 0 saturated heterocycles. The summed E-state index contributed by atoms with van der Waals surface area (Å²) in [5.74, 6) is 0.154. The van der Waals surface area contributed by atoms with Gasteiger partial charge in [-0.1, -0.05) is 0 Å². The van der Waals surface area contributed by atoms with Crippen molar-refractivity contribution in [2.45, 2.75) is 12.8 Å². The number of fused-ring (bicyclic) bond motifs is 1. The summed E-state index contributed by atoms with van der Waals surface area (Å²) in [5.41, 5.74) is 8.65. The third-order valence-corrected chi connectivity index (χ3v) is 9.03. The standard InChI is InChI=1S/C19H19Br4N7O2/c20-9-3-13(27-15(9)22)17(31)25-5-7-1-11-12(30-19(24)29-11)2-8(7)6-26-18(32)14-4-10(21)16(23)28-14/h3-4,7-8,27-28H,1-2,5-6H2,(H,25,31)(H,26,32)(H3,24,29,30). The van der Waals surface area contributed by atoms with Crippen LogP contribution in [0.2, 0.25) is 0 Å². The largest absolute Gasteiger partial charge is 0.369 e. The molecule has 9 nitrogen and oxygen atoms in total. The molecule has 1 aliphatic carbocycles. The first-order valence-corrected chi connectivity index (χ1v) is 12.9. The van der Waals surface area contributed by atoms with Crippen LogP contribution in [0.4, 0.5) is 5.95 Å². The van der Waals surface area contributed by atoms with Gasteiger partial charge in [0.05, 0.1) is 23.8 Å². The SMILES string of the molecule is Nc1nc2c([nH]1)CC(CNC(=O)c1cc(Br)c(Br)[nH]1)C(CNC(=O)c1cc(Br)c(Br)[nH]1)C2. The van der Waals surface area contributed by atoms with Gasteiger partial charge in [-0.3, -0.25) is 9.59 Å². The van der Waals surface area contributed by atoms with Gasteiger partial charge in [-0.15, -0.1) is 0 Å². The molecule has 170 valence electrons. The number of hydrogen-bond acceptors (Lipinski definition) is 4. The zero-order valence-electron chi connectivity index (χ0n) is 16.5. The van der Waals surface area contributed by atoms with E-state index in [2.05, 4.69) is 94.3 Å². The van der Waals surface area contributed by atoms with Crippen LogP contribution in [0.25, 0.3) is 0 Å². The molecule has 0 radical (unpaired) electrons. The Kier molecular flexibility index (Phi) is 7.18. The zero-order valence-corrected chi connectivity index (χ0v) is 22.8. The second kappa shape index (κ2) is 9.74. The summed E-state index contributed by atoms with van der Waals surface area (Å²) in [5, 5.41) is 5.99. The minimum atomic E-state index is -0.201. The smallest absolute Gasteiger partial charge is 0.267 e. The van der Waals surface area contributed by atoms with Crippen LogP contribution in [0.3, 0.4) is 0 Å². The monoisotopic (exact) mass is 693 g/mol. The van der Waals surface area contributed by atoms with Crippen molar-refractivity contribution in [3.8, 4) is 0 Å². The highest BCUT2D eigenvalue weighted by molar-refractivity contribution is 9.13. The number of hydrogen-bond donors (Lipinski definition) is 6. The van der Waals surface area contributed by atoms with E-state index in [9.17, 15) is 9.59 Å². The Balaban J connectivity index is 1.44. The number of aromatic amines is 3. The van der Waals surface area contributed by atoms with Crippen LogP contribution in [0, 0.1) is 11.8 Å². The van der Waals surface area contributed by atoms with E-state index >= 15 is 0 Å². The molecule has 3 heterocycles. The minimum Gasteiger partial charge on any atom is -0.369 e. The molecule has 1 aliphatic rings. The average molecular weight is 697 g/mol. The molecule has 0 aromatic carbocycles. The maximum Gasteiger partial charge on any atom is 0.267 e. The molecule has 3 aromatic rings. The highest BCUT2D eigenvalue weighted by Crippen LogP contribution is 2.30. The van der Waals surface area contributed by atoms with Crippen LogP contribution < -0.4 is 16.4 Å². The topological polar surface area (TPSA) is 144 Å². The highest BCUT2D eigenvalue weighted by Gasteiger charge is 2.32. The lowest BCUT2D eigenvalue weighted by molar-refractivity contribution is 0.0911. The lowest BCUT2D eigenvalue weighted by Gasteiger charge is -2.31. The summed E-state index contributed by atoms with van der Waals surface area (Å²) in [7, 11) is 0. The quantitative estimate of drug-likeness (QED) is 0.233. The van der Waals surface area contributed by atoms with Gasteiger partial charge in [0.1, 0.15) is 11.4 Å². The number of halogens is 4. The number of H-pyrrole nitrogens is 3. The fourth-order valence-corrected chi connectivity index (χ4v) is 5.13. The number of nitrogens with one attached hydrogen (secondary N) is 5. The Labute approximate surface area is 217 Å². The molecule has 7 N–H and O–H groups in total. The minimum absolute atomic E-state index is 0.0819. The molecule has 32 heavy (non-hydrogen) atoms. The number of anilines is 1. The molecule has 2 atom stereocenters. The van der Waals surface area contributed by atoms with Crippen molar-refractivity contribution >= 4 is 81.5 Å². The molecule has 2 unspecified atom stereocenters. The van der Waals surface area contributed by atoms with Gasteiger partial charge in [-0.2, -0.15) is 0 Å². The summed E-state index contributed by atoms with van der Waals surface area (Å²) in [6.07, 6.45) is 1.33. The average Bonchev–Trinajstić information content (AvgIpc) is 3.39. The van der Waals surface area contributed by atoms with E-state index < -0.39 is 0 Å². The predicted molar refractivity (Wildman–Crippen MR) is 134 cm³/mol. The second-order valence-corrected chi connectivity index (χ2v) is 10.9. The first kappa shape index (κ1) is 23.6. The van der Waals surface area contributed by atoms with Gasteiger partial charge in [-0.05, 0) is 101 Å². The van der Waals surface area contributed by atoms with Crippen molar-refractivity contribution in [3.05, 3.63) is 53.1 Å². The second-order valence-electron chi connectivity index (χ2n) is 7.59. The van der Waals surface area contributed by atoms with Gasteiger partial charge in [0.25, 0.3) is 11.8 Å². The van der Waals surface area contributed by atoms with Crippen LogP contribution in [-0.4, -0.2) is 44.8 Å². The van der Waals surface area contributed by atoms with Crippen molar-refractivity contribution < 1.29 is 9.59 Å². The van der Waals surface area contributed by atoms with E-state index in [0.717, 1.165) is 20.3 Å². The number of amides is 2. The van der Waals surface area contributed by atoms with Gasteiger partial charge in [-0.25, -0.2) is 4.98 Å². The van der Waals surface area contributed by atoms with E-state index in [-0.39, 0.29) is 23.7 Å². The third-order valence-electron chi connectivity index (χ3n) is 5.46. The maximum absolute atomic E-state index is 12.6. The summed E-state index contributed by atoms with van der Waals surface area (Å²) >= 11 is 13.4. The molecule has 0 spiro atoms. The van der Waals surface area contributed by atoms with Crippen molar-refractivity contribution in [3.63, 3.8) is 0 Å². The summed E-state index contributed by atoms with van der Waals surface area (Å²) < 4.78 is 2.97. The fraction of sp³-hybridized carbons (Fsp3) is 0.316. The first-order chi connectivity index (χ1) is 15.2. The molecule has 0 aliphatic heterocycles. The number of nitrogen functional groups attached to an aromatic ring is 1. The Bertz CT molecular complexity index is 1040. The third kappa shape index (κ3) is 5.15. The molecule has 0 fully saturated rings. The summed E-state index contributed by atoms with van der Waals surface area (Å²) in [6, 6.07) is 3.44. The molecule has 0 saturated carbocycles. The summed E-state index contributed by atoms with van der Waals surface area (Å²) in [4.78, 5) is 38.6. The van der Waals surface area contributed by atoms with Gasteiger partial charge in [0.2, 0.25) is 0 Å². The lowest BCUT2D eigenvalue weighted by Crippen LogP contribution is -2.42. The highest BCUT2D eigenvalue weighted by atomic mass is 79.9. The van der Waals surface area contributed by atoms with Crippen LogP contribution in [-0.2, 0) is 12.8 Å². The van der Waals surface area contributed by atoms with E-state index in [0.29, 0.717) is 52.5 Å². The Morgan fingerprint density at radius 2 is 1.41 bits per heavy atom. The van der Waals surface area contributed by atoms with Gasteiger partial charge >= 0.3 is 0 Å². The maximum atomic E-state index is 12.6. The Morgan fingerprint density at radius 1 is 0.906 bits per heavy atom. The first-order valence-electron chi connectivity index (χ1n) is 9.69. The lowest BCUT2D eigenvalue weighted by atomic mass is 9.79. The molecule has 3 aromatic heterocycles. The van der Waals surface area contributed by atoms with E-state index in [1.54, 1.807) is 12.1 Å².